The highest BCUT2D eigenvalue weighted by atomic mass is 32.2. The van der Waals surface area contributed by atoms with Crippen LogP contribution in [0.15, 0.2) is 41.8 Å². The van der Waals surface area contributed by atoms with Gasteiger partial charge in [-0.15, -0.1) is 6.58 Å². The zero-order valence-electron chi connectivity index (χ0n) is 13.0. The molecule has 1 rings (SSSR count). The minimum Gasteiger partial charge on any atom is -0.391 e. The number of rotatable bonds is 9. The first kappa shape index (κ1) is 18.8. The van der Waals surface area contributed by atoms with Gasteiger partial charge in [0.05, 0.1) is 17.0 Å². The summed E-state index contributed by atoms with van der Waals surface area (Å²) in [7, 11) is -3.80. The Bertz CT molecular complexity index is 572. The van der Waals surface area contributed by atoms with Crippen molar-refractivity contribution in [1.29, 1.82) is 0 Å². The Hall–Kier alpha value is -1.24. The van der Waals surface area contributed by atoms with E-state index < -0.39 is 28.0 Å². The molecule has 0 bridgehead atoms. The maximum Gasteiger partial charge on any atom is 0.240 e. The van der Waals surface area contributed by atoms with Gasteiger partial charge < -0.3 is 5.11 Å². The Morgan fingerprint density at radius 2 is 1.95 bits per heavy atom. The van der Waals surface area contributed by atoms with Crippen LogP contribution in [0, 0.1) is 11.7 Å². The highest BCUT2D eigenvalue weighted by molar-refractivity contribution is 7.89. The molecule has 1 aromatic carbocycles. The Kier molecular flexibility index (Phi) is 7.19. The van der Waals surface area contributed by atoms with Crippen LogP contribution in [0.3, 0.4) is 0 Å². The average Bonchev–Trinajstić information content (AvgIpc) is 2.50. The van der Waals surface area contributed by atoms with Crippen molar-refractivity contribution in [3.63, 3.8) is 0 Å². The second-order valence-electron chi connectivity index (χ2n) is 5.42. The lowest BCUT2D eigenvalue weighted by atomic mass is 9.93. The second kappa shape index (κ2) is 8.41. The summed E-state index contributed by atoms with van der Waals surface area (Å²) in [6.45, 7) is 7.42. The Morgan fingerprint density at radius 1 is 1.36 bits per heavy atom. The van der Waals surface area contributed by atoms with Crippen LogP contribution in [-0.2, 0) is 10.0 Å². The minimum absolute atomic E-state index is 0.0156. The highest BCUT2D eigenvalue weighted by Gasteiger charge is 2.29. The van der Waals surface area contributed by atoms with Crippen LogP contribution in [0.2, 0.25) is 0 Å². The molecule has 0 aromatic heterocycles. The number of benzene rings is 1. The van der Waals surface area contributed by atoms with Gasteiger partial charge in [0, 0.05) is 0 Å². The van der Waals surface area contributed by atoms with E-state index in [1.807, 2.05) is 13.8 Å². The first-order chi connectivity index (χ1) is 10.3. The number of sulfonamides is 1. The van der Waals surface area contributed by atoms with Crippen LogP contribution in [-0.4, -0.2) is 25.7 Å². The van der Waals surface area contributed by atoms with E-state index in [0.717, 1.165) is 18.6 Å². The second-order valence-corrected chi connectivity index (χ2v) is 7.13. The third-order valence-electron chi connectivity index (χ3n) is 3.75. The van der Waals surface area contributed by atoms with Crippen molar-refractivity contribution in [2.45, 2.75) is 50.2 Å². The van der Waals surface area contributed by atoms with Crippen molar-refractivity contribution in [2.75, 3.05) is 0 Å². The topological polar surface area (TPSA) is 66.4 Å². The Balaban J connectivity index is 2.96. The van der Waals surface area contributed by atoms with E-state index in [9.17, 15) is 17.9 Å². The first-order valence-corrected chi connectivity index (χ1v) is 8.87. The molecule has 0 aliphatic rings. The van der Waals surface area contributed by atoms with Crippen molar-refractivity contribution in [3.8, 4) is 0 Å². The quantitative estimate of drug-likeness (QED) is 0.685. The summed E-state index contributed by atoms with van der Waals surface area (Å²) in [5.41, 5.74) is 0. The molecule has 1 aromatic rings. The summed E-state index contributed by atoms with van der Waals surface area (Å²) in [6, 6.07) is 4.02. The van der Waals surface area contributed by atoms with Crippen molar-refractivity contribution in [2.24, 2.45) is 5.92 Å². The molecule has 0 spiro atoms. The summed E-state index contributed by atoms with van der Waals surface area (Å²) in [6.07, 6.45) is 2.65. The fourth-order valence-corrected chi connectivity index (χ4v) is 3.54. The van der Waals surface area contributed by atoms with E-state index in [4.69, 9.17) is 0 Å². The number of hydrogen-bond acceptors (Lipinski definition) is 3. The van der Waals surface area contributed by atoms with Crippen molar-refractivity contribution in [3.05, 3.63) is 42.7 Å². The van der Waals surface area contributed by atoms with Crippen molar-refractivity contribution in [1.82, 2.24) is 4.72 Å². The number of hydrogen-bond donors (Lipinski definition) is 2. The number of aliphatic hydroxyl groups excluding tert-OH is 1. The third-order valence-corrected chi connectivity index (χ3v) is 5.23. The average molecular weight is 329 g/mol. The molecular weight excluding hydrogens is 305 g/mol. The number of halogens is 1. The molecule has 0 aliphatic heterocycles. The van der Waals surface area contributed by atoms with Gasteiger partial charge in [-0.05, 0) is 43.0 Å². The van der Waals surface area contributed by atoms with E-state index in [-0.39, 0.29) is 10.8 Å². The summed E-state index contributed by atoms with van der Waals surface area (Å²) < 4.78 is 40.3. The number of nitrogens with one attached hydrogen (secondary N) is 1. The fraction of sp³-hybridized carbons (Fsp3) is 0.500. The van der Waals surface area contributed by atoms with Gasteiger partial charge >= 0.3 is 0 Å². The Morgan fingerprint density at radius 3 is 2.45 bits per heavy atom. The molecule has 6 heteroatoms. The monoisotopic (exact) mass is 329 g/mol. The molecule has 3 atom stereocenters. The van der Waals surface area contributed by atoms with E-state index in [0.29, 0.717) is 12.8 Å². The minimum atomic E-state index is -3.80. The van der Waals surface area contributed by atoms with Gasteiger partial charge in [0.15, 0.2) is 0 Å². The molecule has 0 radical (unpaired) electrons. The molecule has 124 valence electrons. The molecular formula is C16H24FNO3S. The maximum atomic E-state index is 12.9. The number of allylic oxidation sites excluding steroid dienone is 1. The highest BCUT2D eigenvalue weighted by Crippen LogP contribution is 2.19. The number of aliphatic hydroxyl groups is 1. The summed E-state index contributed by atoms with van der Waals surface area (Å²) in [5, 5.41) is 10.3. The fourth-order valence-electron chi connectivity index (χ4n) is 2.16. The lowest BCUT2D eigenvalue weighted by Gasteiger charge is -2.28. The molecule has 22 heavy (non-hydrogen) atoms. The van der Waals surface area contributed by atoms with Crippen LogP contribution in [0.1, 0.15) is 33.1 Å². The maximum absolute atomic E-state index is 12.9. The van der Waals surface area contributed by atoms with E-state index in [2.05, 4.69) is 11.3 Å². The Labute approximate surface area is 132 Å². The molecule has 1 unspecified atom stereocenters. The molecule has 2 N–H and O–H groups in total. The summed E-state index contributed by atoms with van der Waals surface area (Å²) in [4.78, 5) is -0.0156. The molecule has 0 aliphatic carbocycles. The SMILES string of the molecule is C=CCCC(O)[C@@H](NS(=O)(=O)c1ccc(F)cc1)[C@@H](C)CC. The van der Waals surface area contributed by atoms with Crippen LogP contribution < -0.4 is 4.72 Å². The van der Waals surface area contributed by atoms with Crippen LogP contribution in [0.5, 0.6) is 0 Å². The van der Waals surface area contributed by atoms with E-state index in [1.165, 1.54) is 12.1 Å². The van der Waals surface area contributed by atoms with Crippen LogP contribution in [0.25, 0.3) is 0 Å². The van der Waals surface area contributed by atoms with Crippen molar-refractivity contribution < 1.29 is 17.9 Å². The van der Waals surface area contributed by atoms with Gasteiger partial charge in [-0.3, -0.25) is 0 Å². The normalized spacial score (nSPS) is 16.0. The van der Waals surface area contributed by atoms with Crippen LogP contribution >= 0.6 is 0 Å². The lowest BCUT2D eigenvalue weighted by Crippen LogP contribution is -2.47. The largest absolute Gasteiger partial charge is 0.391 e. The van der Waals surface area contributed by atoms with Gasteiger partial charge in [-0.2, -0.15) is 0 Å². The van der Waals surface area contributed by atoms with Gasteiger partial charge in [0.2, 0.25) is 10.0 Å². The van der Waals surface area contributed by atoms with Gasteiger partial charge in [0.25, 0.3) is 0 Å². The third kappa shape index (κ3) is 5.19. The summed E-state index contributed by atoms with van der Waals surface area (Å²) in [5.74, 6) is -0.529. The zero-order valence-corrected chi connectivity index (χ0v) is 13.8. The van der Waals surface area contributed by atoms with Gasteiger partial charge in [0.1, 0.15) is 5.82 Å². The molecule has 0 fully saturated rings. The molecule has 4 nitrogen and oxygen atoms in total. The van der Waals surface area contributed by atoms with E-state index >= 15 is 0 Å². The molecule has 0 saturated heterocycles. The first-order valence-electron chi connectivity index (χ1n) is 7.38. The van der Waals surface area contributed by atoms with Crippen LogP contribution in [0.4, 0.5) is 4.39 Å². The summed E-state index contributed by atoms with van der Waals surface area (Å²) >= 11 is 0. The molecule has 0 saturated carbocycles. The molecule has 0 amide bonds. The van der Waals surface area contributed by atoms with Gasteiger partial charge in [-0.25, -0.2) is 17.5 Å². The predicted molar refractivity (Wildman–Crippen MR) is 85.4 cm³/mol. The smallest absolute Gasteiger partial charge is 0.240 e. The zero-order chi connectivity index (χ0) is 16.8. The lowest BCUT2D eigenvalue weighted by molar-refractivity contribution is 0.104. The standard InChI is InChI=1S/C16H24FNO3S/c1-4-6-7-15(19)16(12(3)5-2)18-22(20,21)14-10-8-13(17)9-11-14/h4,8-12,15-16,18-19H,1,5-7H2,2-3H3/t12-,15?,16-/m0/s1. The van der Waals surface area contributed by atoms with Gasteiger partial charge in [-0.1, -0.05) is 26.3 Å². The van der Waals surface area contributed by atoms with E-state index in [1.54, 1.807) is 6.08 Å². The molecule has 0 heterocycles. The predicted octanol–water partition coefficient (Wildman–Crippen LogP) is 2.85. The van der Waals surface area contributed by atoms with Crippen molar-refractivity contribution >= 4 is 10.0 Å².